The van der Waals surface area contributed by atoms with Crippen LogP contribution in [0.15, 0.2) is 47.6 Å². The highest BCUT2D eigenvalue weighted by molar-refractivity contribution is 7.99. The van der Waals surface area contributed by atoms with Crippen molar-refractivity contribution in [3.05, 3.63) is 59.4 Å². The minimum absolute atomic E-state index is 0.0403. The lowest BCUT2D eigenvalue weighted by Crippen LogP contribution is -2.17. The van der Waals surface area contributed by atoms with Crippen LogP contribution in [0.2, 0.25) is 0 Å². The maximum Gasteiger partial charge on any atom is 0.234 e. The van der Waals surface area contributed by atoms with Gasteiger partial charge in [0, 0.05) is 18.4 Å². The molecule has 0 spiro atoms. The van der Waals surface area contributed by atoms with E-state index in [1.54, 1.807) is 7.11 Å². The molecular formula is C23H29N5O2S. The van der Waals surface area contributed by atoms with Gasteiger partial charge in [0.25, 0.3) is 0 Å². The largest absolute Gasteiger partial charge is 0.497 e. The molecule has 0 aliphatic carbocycles. The first-order valence-corrected chi connectivity index (χ1v) is 11.3. The van der Waals surface area contributed by atoms with Crippen molar-refractivity contribution in [1.29, 1.82) is 0 Å². The third kappa shape index (κ3) is 5.79. The van der Waals surface area contributed by atoms with E-state index in [9.17, 15) is 4.79 Å². The Labute approximate surface area is 187 Å². The molecule has 2 N–H and O–H groups in total. The van der Waals surface area contributed by atoms with Crippen molar-refractivity contribution < 1.29 is 9.53 Å². The lowest BCUT2D eigenvalue weighted by Gasteiger charge is -2.14. The fraction of sp³-hybridized carbons (Fsp3) is 0.348. The predicted octanol–water partition coefficient (Wildman–Crippen LogP) is 4.29. The summed E-state index contributed by atoms with van der Waals surface area (Å²) >= 11 is 1.38. The molecule has 0 radical (unpaired) electrons. The van der Waals surface area contributed by atoms with Crippen LogP contribution < -0.4 is 15.4 Å². The van der Waals surface area contributed by atoms with E-state index in [-0.39, 0.29) is 11.7 Å². The van der Waals surface area contributed by atoms with Crippen LogP contribution in [0.3, 0.4) is 0 Å². The number of carbonyl (C=O) groups excluding carboxylic acids is 1. The zero-order chi connectivity index (χ0) is 22.2. The van der Waals surface area contributed by atoms with Crippen LogP contribution in [-0.2, 0) is 31.2 Å². The van der Waals surface area contributed by atoms with Crippen molar-refractivity contribution in [2.45, 2.75) is 38.4 Å². The summed E-state index contributed by atoms with van der Waals surface area (Å²) < 4.78 is 7.08. The molecule has 0 fully saturated rings. The quantitative estimate of drug-likeness (QED) is 0.459. The van der Waals surface area contributed by atoms with E-state index in [0.29, 0.717) is 11.7 Å². The smallest absolute Gasteiger partial charge is 0.234 e. The molecule has 2 aromatic carbocycles. The van der Waals surface area contributed by atoms with Gasteiger partial charge in [-0.15, -0.1) is 10.2 Å². The number of aryl methyl sites for hydroxylation is 2. The molecule has 3 rings (SSSR count). The summed E-state index contributed by atoms with van der Waals surface area (Å²) in [5.74, 6) is 1.85. The van der Waals surface area contributed by atoms with Crippen LogP contribution >= 0.6 is 11.8 Å². The second-order valence-corrected chi connectivity index (χ2v) is 7.98. The molecule has 7 nitrogen and oxygen atoms in total. The van der Waals surface area contributed by atoms with Crippen molar-refractivity contribution in [3.63, 3.8) is 0 Å². The van der Waals surface area contributed by atoms with E-state index in [1.165, 1.54) is 11.8 Å². The Morgan fingerprint density at radius 3 is 2.35 bits per heavy atom. The number of amides is 1. The molecule has 164 valence electrons. The van der Waals surface area contributed by atoms with Crippen LogP contribution in [0.1, 0.15) is 30.8 Å². The van der Waals surface area contributed by atoms with Gasteiger partial charge in [0.1, 0.15) is 5.75 Å². The first-order chi connectivity index (χ1) is 15.0. The Bertz CT molecular complexity index is 995. The highest BCUT2D eigenvalue weighted by atomic mass is 32.2. The number of thioether (sulfide) groups is 1. The van der Waals surface area contributed by atoms with E-state index in [0.717, 1.165) is 46.9 Å². The van der Waals surface area contributed by atoms with Crippen LogP contribution in [0.25, 0.3) is 0 Å². The first-order valence-electron chi connectivity index (χ1n) is 10.3. The molecule has 1 amide bonds. The van der Waals surface area contributed by atoms with Gasteiger partial charge in [-0.2, -0.15) is 0 Å². The Hall–Kier alpha value is -3.00. The number of para-hydroxylation sites is 1. The number of nitrogens with one attached hydrogen (secondary N) is 2. The van der Waals surface area contributed by atoms with Gasteiger partial charge in [-0.25, -0.2) is 0 Å². The maximum atomic E-state index is 12.6. The molecule has 0 saturated carbocycles. The second kappa shape index (κ2) is 10.9. The Morgan fingerprint density at radius 2 is 1.74 bits per heavy atom. The first kappa shape index (κ1) is 22.7. The third-order valence-corrected chi connectivity index (χ3v) is 6.08. The van der Waals surface area contributed by atoms with Gasteiger partial charge >= 0.3 is 0 Å². The molecule has 0 unspecified atom stereocenters. The van der Waals surface area contributed by atoms with Gasteiger partial charge in [-0.3, -0.25) is 4.79 Å². The van der Waals surface area contributed by atoms with Crippen LogP contribution in [0.5, 0.6) is 5.75 Å². The number of methoxy groups -OCH3 is 1. The average Bonchev–Trinajstić information content (AvgIpc) is 3.16. The number of hydrogen-bond acceptors (Lipinski definition) is 6. The lowest BCUT2D eigenvalue weighted by atomic mass is 10.0. The number of anilines is 2. The summed E-state index contributed by atoms with van der Waals surface area (Å²) in [6.07, 6.45) is 1.76. The SMILES string of the molecule is CCc1cccc(CC)c1NC(=O)CSc1nnc(CNc2ccc(OC)cc2)n1C. The van der Waals surface area contributed by atoms with E-state index in [4.69, 9.17) is 4.74 Å². The Morgan fingerprint density at radius 1 is 1.06 bits per heavy atom. The molecule has 31 heavy (non-hydrogen) atoms. The normalized spacial score (nSPS) is 10.7. The van der Waals surface area contributed by atoms with Gasteiger partial charge in [0.05, 0.1) is 19.4 Å². The highest BCUT2D eigenvalue weighted by Gasteiger charge is 2.14. The van der Waals surface area contributed by atoms with E-state index in [1.807, 2.05) is 41.9 Å². The molecule has 0 aliphatic rings. The number of rotatable bonds is 10. The predicted molar refractivity (Wildman–Crippen MR) is 126 cm³/mol. The molecule has 8 heteroatoms. The van der Waals surface area contributed by atoms with Gasteiger partial charge in [0.15, 0.2) is 11.0 Å². The van der Waals surface area contributed by atoms with Crippen LogP contribution in [-0.4, -0.2) is 33.5 Å². The molecule has 1 aromatic heterocycles. The molecule has 0 aliphatic heterocycles. The molecular weight excluding hydrogens is 410 g/mol. The zero-order valence-corrected chi connectivity index (χ0v) is 19.3. The summed E-state index contributed by atoms with van der Waals surface area (Å²) in [4.78, 5) is 12.6. The molecule has 0 atom stereocenters. The fourth-order valence-corrected chi connectivity index (χ4v) is 3.95. The van der Waals surface area contributed by atoms with Gasteiger partial charge in [-0.1, -0.05) is 43.8 Å². The van der Waals surface area contributed by atoms with E-state index < -0.39 is 0 Å². The van der Waals surface area contributed by atoms with Crippen molar-refractivity contribution in [2.24, 2.45) is 7.05 Å². The summed E-state index contributed by atoms with van der Waals surface area (Å²) in [6, 6.07) is 13.9. The van der Waals surface area contributed by atoms with E-state index in [2.05, 4.69) is 46.8 Å². The summed E-state index contributed by atoms with van der Waals surface area (Å²) in [5, 5.41) is 15.6. The number of carbonyl (C=O) groups is 1. The third-order valence-electron chi connectivity index (χ3n) is 5.06. The zero-order valence-electron chi connectivity index (χ0n) is 18.4. The number of nitrogens with zero attached hydrogens (tertiary/aromatic N) is 3. The Kier molecular flexibility index (Phi) is 7.94. The number of benzene rings is 2. The lowest BCUT2D eigenvalue weighted by molar-refractivity contribution is -0.113. The average molecular weight is 440 g/mol. The van der Waals surface area contributed by atoms with Crippen LogP contribution in [0, 0.1) is 0 Å². The molecule has 0 bridgehead atoms. The maximum absolute atomic E-state index is 12.6. The fourth-order valence-electron chi connectivity index (χ4n) is 3.22. The topological polar surface area (TPSA) is 81.1 Å². The minimum atomic E-state index is -0.0403. The summed E-state index contributed by atoms with van der Waals surface area (Å²) in [7, 11) is 3.56. The van der Waals surface area contributed by atoms with Gasteiger partial charge < -0.3 is 19.9 Å². The number of hydrogen-bond donors (Lipinski definition) is 2. The molecule has 1 heterocycles. The number of aromatic nitrogens is 3. The van der Waals surface area contributed by atoms with Crippen molar-refractivity contribution in [3.8, 4) is 5.75 Å². The molecule has 0 saturated heterocycles. The minimum Gasteiger partial charge on any atom is -0.497 e. The van der Waals surface area contributed by atoms with Gasteiger partial charge in [0.2, 0.25) is 5.91 Å². The summed E-state index contributed by atoms with van der Waals surface area (Å²) in [5.41, 5.74) is 4.23. The van der Waals surface area contributed by atoms with Crippen LogP contribution in [0.4, 0.5) is 11.4 Å². The standard InChI is InChI=1S/C23H29N5O2S/c1-5-16-8-7-9-17(6-2)22(16)25-21(29)15-31-23-27-26-20(28(23)3)14-24-18-10-12-19(30-4)13-11-18/h7-13,24H,5-6,14-15H2,1-4H3,(H,25,29). The van der Waals surface area contributed by atoms with Crippen molar-refractivity contribution in [2.75, 3.05) is 23.5 Å². The van der Waals surface area contributed by atoms with Crippen molar-refractivity contribution in [1.82, 2.24) is 14.8 Å². The summed E-state index contributed by atoms with van der Waals surface area (Å²) in [6.45, 7) is 4.73. The number of ether oxygens (including phenoxy) is 1. The molecule has 3 aromatic rings. The van der Waals surface area contributed by atoms with E-state index >= 15 is 0 Å². The van der Waals surface area contributed by atoms with Crippen molar-refractivity contribution >= 4 is 29.0 Å². The second-order valence-electron chi connectivity index (χ2n) is 7.04. The Balaban J connectivity index is 1.56. The monoisotopic (exact) mass is 439 g/mol. The van der Waals surface area contributed by atoms with Gasteiger partial charge in [-0.05, 0) is 48.2 Å². The highest BCUT2D eigenvalue weighted by Crippen LogP contribution is 2.24.